The summed E-state index contributed by atoms with van der Waals surface area (Å²) in [6, 6.07) is 12.1. The molecule has 142 valence electrons. The van der Waals surface area contributed by atoms with Crippen LogP contribution in [0, 0.1) is 5.82 Å². The summed E-state index contributed by atoms with van der Waals surface area (Å²) >= 11 is 0. The monoisotopic (exact) mass is 397 g/mol. The molecule has 0 aliphatic heterocycles. The van der Waals surface area contributed by atoms with E-state index in [4.69, 9.17) is 5.73 Å². The summed E-state index contributed by atoms with van der Waals surface area (Å²) in [5.41, 5.74) is 8.37. The van der Waals surface area contributed by atoms with E-state index in [1.807, 2.05) is 18.2 Å². The quantitative estimate of drug-likeness (QED) is 0.547. The number of rotatable bonds is 4. The summed E-state index contributed by atoms with van der Waals surface area (Å²) in [6.07, 6.45) is 2.57. The Morgan fingerprint density at radius 3 is 2.57 bits per heavy atom. The number of fused-ring (bicyclic) bond motifs is 1. The normalized spacial score (nSPS) is 11.8. The number of anilines is 1. The van der Waals surface area contributed by atoms with Crippen LogP contribution in [0.3, 0.4) is 0 Å². The molecule has 0 fully saturated rings. The molecule has 0 atom stereocenters. The highest BCUT2D eigenvalue weighted by atomic mass is 32.2. The number of nitrogens with zero attached hydrogens (tertiary/aromatic N) is 3. The van der Waals surface area contributed by atoms with Gasteiger partial charge in [-0.2, -0.15) is 5.10 Å². The van der Waals surface area contributed by atoms with Crippen molar-refractivity contribution in [2.24, 2.45) is 0 Å². The second-order valence-corrected chi connectivity index (χ2v) is 8.38. The summed E-state index contributed by atoms with van der Waals surface area (Å²) in [7, 11) is -3.54. The van der Waals surface area contributed by atoms with Crippen molar-refractivity contribution >= 4 is 26.6 Å². The molecule has 2 heterocycles. The van der Waals surface area contributed by atoms with Crippen LogP contribution in [0.25, 0.3) is 22.4 Å². The third-order valence-electron chi connectivity index (χ3n) is 4.41. The minimum absolute atomic E-state index is 0.136. The maximum Gasteiger partial charge on any atom is 0.182 e. The second kappa shape index (κ2) is 6.68. The highest BCUT2D eigenvalue weighted by molar-refractivity contribution is 7.90. The summed E-state index contributed by atoms with van der Waals surface area (Å²) in [4.78, 5) is 8.13. The molecule has 0 radical (unpaired) electrons. The number of nitrogens with one attached hydrogen (secondary N) is 1. The van der Waals surface area contributed by atoms with Gasteiger partial charge in [-0.25, -0.2) is 22.8 Å². The molecule has 4 aromatic rings. The van der Waals surface area contributed by atoms with Gasteiger partial charge in [0.1, 0.15) is 22.2 Å². The Bertz CT molecular complexity index is 1300. The number of aromatic amines is 1. The van der Waals surface area contributed by atoms with Gasteiger partial charge in [-0.3, -0.25) is 5.10 Å². The standard InChI is InChI=1S/C19H16FN5O2S/c1-28(26,27)15-10-22-19(23-18(15)21)17-16-12(6-4-8-14(16)24-25-17)9-11-5-2-3-7-13(11)20/h2-8,10H,9H2,1H3,(H,24,25)(H2,21,22,23). The third-order valence-corrected chi connectivity index (χ3v) is 5.52. The first-order valence-electron chi connectivity index (χ1n) is 8.37. The number of nitrogens with two attached hydrogens (primary N) is 1. The Morgan fingerprint density at radius 2 is 1.86 bits per heavy atom. The van der Waals surface area contributed by atoms with Gasteiger partial charge in [-0.1, -0.05) is 30.3 Å². The van der Waals surface area contributed by atoms with Gasteiger partial charge in [-0.05, 0) is 23.3 Å². The molecule has 0 amide bonds. The SMILES string of the molecule is CS(=O)(=O)c1cnc(-c2n[nH]c3cccc(Cc4ccccc4F)c23)nc1N. The highest BCUT2D eigenvalue weighted by Crippen LogP contribution is 2.30. The molecule has 3 N–H and O–H groups in total. The fourth-order valence-corrected chi connectivity index (χ4v) is 3.75. The number of hydrogen-bond acceptors (Lipinski definition) is 6. The number of benzene rings is 2. The van der Waals surface area contributed by atoms with Crippen LogP contribution in [0.15, 0.2) is 53.6 Å². The van der Waals surface area contributed by atoms with Gasteiger partial charge < -0.3 is 5.73 Å². The van der Waals surface area contributed by atoms with E-state index in [9.17, 15) is 12.8 Å². The molecule has 9 heteroatoms. The van der Waals surface area contributed by atoms with Crippen molar-refractivity contribution in [3.8, 4) is 11.5 Å². The maximum absolute atomic E-state index is 14.1. The molecule has 0 bridgehead atoms. The Labute approximate surface area is 160 Å². The molecular weight excluding hydrogens is 381 g/mol. The molecule has 0 saturated heterocycles. The number of aromatic nitrogens is 4. The summed E-state index contributed by atoms with van der Waals surface area (Å²) in [5, 5.41) is 7.92. The topological polar surface area (TPSA) is 115 Å². The molecule has 0 aliphatic rings. The number of sulfone groups is 1. The average molecular weight is 397 g/mol. The van der Waals surface area contributed by atoms with E-state index in [-0.39, 0.29) is 22.4 Å². The van der Waals surface area contributed by atoms with Crippen LogP contribution in [0.2, 0.25) is 0 Å². The molecule has 28 heavy (non-hydrogen) atoms. The molecule has 0 saturated carbocycles. The van der Waals surface area contributed by atoms with Crippen LogP contribution in [0.5, 0.6) is 0 Å². The van der Waals surface area contributed by atoms with Crippen molar-refractivity contribution < 1.29 is 12.8 Å². The van der Waals surface area contributed by atoms with Crippen molar-refractivity contribution in [2.45, 2.75) is 11.3 Å². The highest BCUT2D eigenvalue weighted by Gasteiger charge is 2.19. The number of nitrogen functional groups attached to an aromatic ring is 1. The zero-order valence-corrected chi connectivity index (χ0v) is 15.7. The predicted octanol–water partition coefficient (Wildman–Crippen LogP) is 2.74. The first-order valence-corrected chi connectivity index (χ1v) is 10.3. The smallest absolute Gasteiger partial charge is 0.182 e. The van der Waals surface area contributed by atoms with Crippen LogP contribution < -0.4 is 5.73 Å². The zero-order chi connectivity index (χ0) is 19.9. The van der Waals surface area contributed by atoms with E-state index in [0.29, 0.717) is 17.7 Å². The maximum atomic E-state index is 14.1. The molecule has 2 aromatic heterocycles. The van der Waals surface area contributed by atoms with Crippen LogP contribution in [-0.2, 0) is 16.3 Å². The van der Waals surface area contributed by atoms with Gasteiger partial charge in [0.15, 0.2) is 15.7 Å². The average Bonchev–Trinajstić information content (AvgIpc) is 3.07. The van der Waals surface area contributed by atoms with E-state index in [2.05, 4.69) is 20.2 Å². The first kappa shape index (κ1) is 18.1. The lowest BCUT2D eigenvalue weighted by Crippen LogP contribution is -2.07. The Hall–Kier alpha value is -3.33. The molecule has 4 rings (SSSR count). The predicted molar refractivity (Wildman–Crippen MR) is 104 cm³/mol. The number of hydrogen-bond donors (Lipinski definition) is 2. The molecular formula is C19H16FN5O2S. The van der Waals surface area contributed by atoms with Crippen molar-refractivity contribution in [1.29, 1.82) is 0 Å². The number of halogens is 1. The van der Waals surface area contributed by atoms with Crippen LogP contribution in [0.4, 0.5) is 10.2 Å². The minimum atomic E-state index is -3.54. The largest absolute Gasteiger partial charge is 0.382 e. The van der Waals surface area contributed by atoms with Crippen LogP contribution >= 0.6 is 0 Å². The summed E-state index contributed by atoms with van der Waals surface area (Å²) in [5.74, 6) is -0.241. The second-order valence-electron chi connectivity index (χ2n) is 6.40. The van der Waals surface area contributed by atoms with Gasteiger partial charge in [0.05, 0.1) is 11.7 Å². The fourth-order valence-electron chi connectivity index (χ4n) is 3.08. The zero-order valence-electron chi connectivity index (χ0n) is 14.8. The van der Waals surface area contributed by atoms with E-state index in [1.165, 1.54) is 12.3 Å². The Kier molecular flexibility index (Phi) is 4.31. The van der Waals surface area contributed by atoms with Crippen molar-refractivity contribution in [1.82, 2.24) is 20.2 Å². The first-order chi connectivity index (χ1) is 13.3. The minimum Gasteiger partial charge on any atom is -0.382 e. The summed E-state index contributed by atoms with van der Waals surface area (Å²) in [6.45, 7) is 0. The van der Waals surface area contributed by atoms with E-state index >= 15 is 0 Å². The molecule has 0 unspecified atom stereocenters. The Balaban J connectivity index is 1.86. The van der Waals surface area contributed by atoms with E-state index < -0.39 is 9.84 Å². The summed E-state index contributed by atoms with van der Waals surface area (Å²) < 4.78 is 37.6. The van der Waals surface area contributed by atoms with Crippen LogP contribution in [-0.4, -0.2) is 34.8 Å². The molecule has 2 aromatic carbocycles. The van der Waals surface area contributed by atoms with Crippen molar-refractivity contribution in [3.05, 3.63) is 65.6 Å². The Morgan fingerprint density at radius 1 is 1.11 bits per heavy atom. The lowest BCUT2D eigenvalue weighted by atomic mass is 9.99. The third kappa shape index (κ3) is 3.20. The van der Waals surface area contributed by atoms with Gasteiger partial charge in [-0.15, -0.1) is 0 Å². The van der Waals surface area contributed by atoms with Gasteiger partial charge in [0.2, 0.25) is 0 Å². The van der Waals surface area contributed by atoms with Crippen molar-refractivity contribution in [2.75, 3.05) is 12.0 Å². The molecule has 0 aliphatic carbocycles. The van der Waals surface area contributed by atoms with Crippen LogP contribution in [0.1, 0.15) is 11.1 Å². The fraction of sp³-hybridized carbons (Fsp3) is 0.105. The lowest BCUT2D eigenvalue weighted by Gasteiger charge is -2.07. The molecule has 0 spiro atoms. The van der Waals surface area contributed by atoms with E-state index in [1.54, 1.807) is 18.2 Å². The molecule has 7 nitrogen and oxygen atoms in total. The van der Waals surface area contributed by atoms with Gasteiger partial charge >= 0.3 is 0 Å². The number of H-pyrrole nitrogens is 1. The van der Waals surface area contributed by atoms with Crippen molar-refractivity contribution in [3.63, 3.8) is 0 Å². The van der Waals surface area contributed by atoms with Gasteiger partial charge in [0.25, 0.3) is 0 Å². The van der Waals surface area contributed by atoms with Gasteiger partial charge in [0, 0.05) is 18.1 Å². The van der Waals surface area contributed by atoms with E-state index in [0.717, 1.165) is 22.7 Å². The lowest BCUT2D eigenvalue weighted by molar-refractivity contribution is 0.601.